The summed E-state index contributed by atoms with van der Waals surface area (Å²) in [6.07, 6.45) is 0.512. The lowest BCUT2D eigenvalue weighted by atomic mass is 10.0. The Morgan fingerprint density at radius 1 is 1.15 bits per heavy atom. The molecule has 0 aliphatic carbocycles. The lowest BCUT2D eigenvalue weighted by molar-refractivity contribution is 0.157. The molecule has 3 amide bonds. The number of primary amides is 1. The minimum atomic E-state index is -0.991. The summed E-state index contributed by atoms with van der Waals surface area (Å²) >= 11 is 6.21. The number of nitrogens with zero attached hydrogens (tertiary/aromatic N) is 4. The molecule has 2 heterocycles. The molecule has 1 aliphatic rings. The van der Waals surface area contributed by atoms with Crippen molar-refractivity contribution in [2.45, 2.75) is 6.92 Å². The van der Waals surface area contributed by atoms with E-state index in [-0.39, 0.29) is 35.9 Å². The number of rotatable bonds is 9. The smallest absolute Gasteiger partial charge is 0.404 e. The topological polar surface area (TPSA) is 137 Å². The number of halogens is 3. The number of nitriles is 1. The largest absolute Gasteiger partial charge is 0.448 e. The monoisotopic (exact) mass is 555 g/mol. The second-order valence-corrected chi connectivity index (χ2v) is 8.80. The van der Waals surface area contributed by atoms with Gasteiger partial charge < -0.3 is 21.1 Å². The SMILES string of the molecule is CCN1C(=O)N(c2c(F)cc(NCCNCCOC(N)=O)cc2F)c2cc(C#N)ccc2-c2cc(Cl)cnc21. The predicted molar refractivity (Wildman–Crippen MR) is 143 cm³/mol. The Morgan fingerprint density at radius 3 is 2.56 bits per heavy atom. The third-order valence-corrected chi connectivity index (χ3v) is 6.09. The molecule has 2 aromatic carbocycles. The maximum Gasteiger partial charge on any atom is 0.404 e. The van der Waals surface area contributed by atoms with Crippen LogP contribution in [0.25, 0.3) is 11.1 Å². The number of hydrogen-bond donors (Lipinski definition) is 3. The van der Waals surface area contributed by atoms with Gasteiger partial charge in [0.25, 0.3) is 0 Å². The molecular weight excluding hydrogens is 532 g/mol. The quantitative estimate of drug-likeness (QED) is 0.324. The highest BCUT2D eigenvalue weighted by Gasteiger charge is 2.36. The summed E-state index contributed by atoms with van der Waals surface area (Å²) < 4.78 is 35.8. The molecular formula is C26H24ClF2N7O3. The van der Waals surface area contributed by atoms with Crippen molar-refractivity contribution in [1.82, 2.24) is 10.3 Å². The highest BCUT2D eigenvalue weighted by molar-refractivity contribution is 6.31. The Balaban J connectivity index is 1.69. The van der Waals surface area contributed by atoms with Crippen molar-refractivity contribution >= 4 is 46.6 Å². The van der Waals surface area contributed by atoms with E-state index in [0.29, 0.717) is 35.8 Å². The molecule has 202 valence electrons. The van der Waals surface area contributed by atoms with Gasteiger partial charge in [0.1, 0.15) is 18.1 Å². The first kappa shape index (κ1) is 27.6. The minimum Gasteiger partial charge on any atom is -0.448 e. The molecule has 39 heavy (non-hydrogen) atoms. The number of nitrogens with two attached hydrogens (primary N) is 1. The van der Waals surface area contributed by atoms with Crippen molar-refractivity contribution in [2.24, 2.45) is 5.73 Å². The van der Waals surface area contributed by atoms with E-state index in [2.05, 4.69) is 20.4 Å². The molecule has 1 aromatic heterocycles. The van der Waals surface area contributed by atoms with Crippen molar-refractivity contribution < 1.29 is 23.1 Å². The molecule has 0 fully saturated rings. The number of carbonyl (C=O) groups excluding carboxylic acids is 2. The Bertz CT molecular complexity index is 1440. The van der Waals surface area contributed by atoms with Crippen LogP contribution in [0.1, 0.15) is 12.5 Å². The maximum absolute atomic E-state index is 15.6. The summed E-state index contributed by atoms with van der Waals surface area (Å²) in [5.41, 5.74) is 5.65. The number of aromatic nitrogens is 1. The predicted octanol–water partition coefficient (Wildman–Crippen LogP) is 4.75. The van der Waals surface area contributed by atoms with Gasteiger partial charge in [-0.15, -0.1) is 0 Å². The van der Waals surface area contributed by atoms with Gasteiger partial charge >= 0.3 is 12.1 Å². The summed E-state index contributed by atoms with van der Waals surface area (Å²) in [5.74, 6) is -1.71. The molecule has 1 aliphatic heterocycles. The first-order valence-corrected chi connectivity index (χ1v) is 12.3. The van der Waals surface area contributed by atoms with Gasteiger partial charge in [-0.25, -0.2) is 23.4 Å². The van der Waals surface area contributed by atoms with Crippen LogP contribution in [0.5, 0.6) is 0 Å². The van der Waals surface area contributed by atoms with E-state index in [0.717, 1.165) is 17.0 Å². The van der Waals surface area contributed by atoms with Crippen molar-refractivity contribution in [3.63, 3.8) is 0 Å². The van der Waals surface area contributed by atoms with E-state index in [1.807, 2.05) is 6.07 Å². The Labute approximate surface area is 227 Å². The fraction of sp³-hybridized carbons (Fsp3) is 0.231. The molecule has 4 N–H and O–H groups in total. The van der Waals surface area contributed by atoms with Crippen LogP contribution in [0.3, 0.4) is 0 Å². The molecule has 0 radical (unpaired) electrons. The summed E-state index contributed by atoms with van der Waals surface area (Å²) in [5, 5.41) is 15.7. The van der Waals surface area contributed by atoms with Crippen LogP contribution in [-0.2, 0) is 4.74 Å². The van der Waals surface area contributed by atoms with Gasteiger partial charge in [-0.3, -0.25) is 9.80 Å². The number of benzene rings is 2. The molecule has 0 unspecified atom stereocenters. The molecule has 0 bridgehead atoms. The minimum absolute atomic E-state index is 0.0898. The van der Waals surface area contributed by atoms with Crippen LogP contribution >= 0.6 is 11.6 Å². The Hall–Kier alpha value is -4.47. The average Bonchev–Trinajstić information content (AvgIpc) is 2.99. The molecule has 0 atom stereocenters. The van der Waals surface area contributed by atoms with Gasteiger partial charge in [0.05, 0.1) is 22.3 Å². The number of amides is 3. The lowest BCUT2D eigenvalue weighted by Crippen LogP contribution is -2.41. The van der Waals surface area contributed by atoms with Crippen molar-refractivity contribution in [1.29, 1.82) is 5.26 Å². The van der Waals surface area contributed by atoms with Crippen LogP contribution in [0, 0.1) is 23.0 Å². The summed E-state index contributed by atoms with van der Waals surface area (Å²) in [6.45, 7) is 3.01. The molecule has 4 rings (SSSR count). The Morgan fingerprint density at radius 2 is 1.90 bits per heavy atom. The number of urea groups is 1. The number of pyridine rings is 1. The van der Waals surface area contributed by atoms with E-state index < -0.39 is 29.4 Å². The van der Waals surface area contributed by atoms with Crippen LogP contribution in [0.15, 0.2) is 42.6 Å². The zero-order chi connectivity index (χ0) is 28.1. The lowest BCUT2D eigenvalue weighted by Gasteiger charge is -2.28. The average molecular weight is 556 g/mol. The van der Waals surface area contributed by atoms with Gasteiger partial charge in [-0.05, 0) is 37.3 Å². The van der Waals surface area contributed by atoms with E-state index >= 15 is 8.78 Å². The van der Waals surface area contributed by atoms with Gasteiger partial charge in [-0.2, -0.15) is 5.26 Å². The fourth-order valence-corrected chi connectivity index (χ4v) is 4.36. The first-order valence-electron chi connectivity index (χ1n) is 11.9. The normalized spacial score (nSPS) is 12.3. The second-order valence-electron chi connectivity index (χ2n) is 8.36. The van der Waals surface area contributed by atoms with Crippen molar-refractivity contribution in [3.05, 3.63) is 64.8 Å². The molecule has 10 nitrogen and oxygen atoms in total. The molecule has 0 saturated carbocycles. The van der Waals surface area contributed by atoms with Gasteiger partial charge in [-0.1, -0.05) is 17.7 Å². The molecule has 0 spiro atoms. The Kier molecular flexibility index (Phi) is 8.43. The van der Waals surface area contributed by atoms with E-state index in [1.54, 1.807) is 25.1 Å². The summed E-state index contributed by atoms with van der Waals surface area (Å²) in [7, 11) is 0. The molecule has 0 saturated heterocycles. The number of fused-ring (bicyclic) bond motifs is 3. The van der Waals surface area contributed by atoms with Crippen LogP contribution < -0.4 is 26.2 Å². The van der Waals surface area contributed by atoms with Crippen molar-refractivity contribution in [3.8, 4) is 17.2 Å². The first-order chi connectivity index (χ1) is 18.7. The van der Waals surface area contributed by atoms with E-state index in [4.69, 9.17) is 17.3 Å². The molecule has 3 aromatic rings. The zero-order valence-corrected chi connectivity index (χ0v) is 21.6. The van der Waals surface area contributed by atoms with Crippen LogP contribution in [0.4, 0.5) is 41.2 Å². The van der Waals surface area contributed by atoms with Gasteiger partial charge in [0.2, 0.25) is 0 Å². The fourth-order valence-electron chi connectivity index (χ4n) is 4.20. The molecule has 13 heteroatoms. The zero-order valence-electron chi connectivity index (χ0n) is 20.8. The summed E-state index contributed by atoms with van der Waals surface area (Å²) in [6, 6.07) is 9.57. The highest BCUT2D eigenvalue weighted by Crippen LogP contribution is 2.45. The number of nitrogens with one attached hydrogen (secondary N) is 2. The van der Waals surface area contributed by atoms with Crippen LogP contribution in [0.2, 0.25) is 5.02 Å². The van der Waals surface area contributed by atoms with Crippen molar-refractivity contribution in [2.75, 3.05) is 47.9 Å². The standard InChI is InChI=1S/C26H24ClF2N7O3/c1-2-35-24-19(10-16(27)14-34-24)18-4-3-15(13-30)9-22(18)36(26(35)38)23-20(28)11-17(12-21(23)29)33-6-5-32-7-8-39-25(31)37/h3-4,9-12,14,32-33H,2,5-8H2,1H3,(H2,31,37). The maximum atomic E-state index is 15.6. The second kappa shape index (κ2) is 11.9. The number of hydrogen-bond acceptors (Lipinski definition) is 7. The third-order valence-electron chi connectivity index (χ3n) is 5.88. The van der Waals surface area contributed by atoms with E-state index in [9.17, 15) is 14.9 Å². The number of anilines is 4. The summed E-state index contributed by atoms with van der Waals surface area (Å²) in [4.78, 5) is 30.9. The van der Waals surface area contributed by atoms with E-state index in [1.165, 1.54) is 17.2 Å². The highest BCUT2D eigenvalue weighted by atomic mass is 35.5. The third kappa shape index (κ3) is 5.84. The number of ether oxygens (including phenoxy) is 1. The van der Waals surface area contributed by atoms with Gasteiger partial charge in [0.15, 0.2) is 11.6 Å². The van der Waals surface area contributed by atoms with Gasteiger partial charge in [0, 0.05) is 49.2 Å². The van der Waals surface area contributed by atoms with Crippen LogP contribution in [-0.4, -0.2) is 49.9 Å². The number of carbonyl (C=O) groups is 2.